The van der Waals surface area contributed by atoms with Gasteiger partial charge < -0.3 is 4.42 Å². The molecule has 7 aromatic rings. The molecule has 0 atom stereocenters. The van der Waals surface area contributed by atoms with E-state index in [0.29, 0.717) is 17.5 Å². The van der Waals surface area contributed by atoms with Gasteiger partial charge in [0.1, 0.15) is 11.2 Å². The van der Waals surface area contributed by atoms with Crippen LogP contribution in [-0.4, -0.2) is 15.0 Å². The van der Waals surface area contributed by atoms with E-state index in [1.54, 1.807) is 0 Å². The zero-order valence-electron chi connectivity index (χ0n) is 22.0. The highest BCUT2D eigenvalue weighted by Crippen LogP contribution is 2.36. The molecule has 40 heavy (non-hydrogen) atoms. The van der Waals surface area contributed by atoms with E-state index in [-0.39, 0.29) is 0 Å². The number of hydrogen-bond donors (Lipinski definition) is 0. The van der Waals surface area contributed by atoms with Gasteiger partial charge in [-0.05, 0) is 53.1 Å². The van der Waals surface area contributed by atoms with Crippen LogP contribution in [-0.2, 0) is 0 Å². The highest BCUT2D eigenvalue weighted by atomic mass is 16.3. The maximum absolute atomic E-state index is 6.14. The summed E-state index contributed by atoms with van der Waals surface area (Å²) in [6.45, 7) is 6.17. The molecule has 0 bridgehead atoms. The quantitative estimate of drug-likeness (QED) is 0.214. The molecule has 0 fully saturated rings. The second-order valence-corrected chi connectivity index (χ2v) is 9.75. The van der Waals surface area contributed by atoms with E-state index < -0.39 is 0 Å². The Hall–Kier alpha value is -5.35. The Kier molecular flexibility index (Phi) is 5.79. The zero-order valence-corrected chi connectivity index (χ0v) is 22.0. The van der Waals surface area contributed by atoms with Crippen LogP contribution in [0.15, 0.2) is 132 Å². The van der Waals surface area contributed by atoms with Gasteiger partial charge in [0.25, 0.3) is 0 Å². The Morgan fingerprint density at radius 1 is 0.650 bits per heavy atom. The van der Waals surface area contributed by atoms with Gasteiger partial charge in [0, 0.05) is 27.5 Å². The summed E-state index contributed by atoms with van der Waals surface area (Å²) < 4.78 is 6.14. The van der Waals surface area contributed by atoms with Gasteiger partial charge in [-0.25, -0.2) is 15.0 Å². The largest absolute Gasteiger partial charge is 0.456 e. The number of hydrogen-bond acceptors (Lipinski definition) is 4. The number of allylic oxidation sites excluding steroid dienone is 3. The maximum Gasteiger partial charge on any atom is 0.164 e. The van der Waals surface area contributed by atoms with Crippen LogP contribution in [0.3, 0.4) is 0 Å². The van der Waals surface area contributed by atoms with E-state index in [1.807, 2.05) is 61.5 Å². The molecule has 0 aliphatic rings. The minimum atomic E-state index is 0.544. The molecule has 0 radical (unpaired) electrons. The summed E-state index contributed by atoms with van der Waals surface area (Å²) in [5.41, 5.74) is 6.56. The first-order valence-electron chi connectivity index (χ1n) is 13.3. The van der Waals surface area contributed by atoms with Crippen molar-refractivity contribution in [2.24, 2.45) is 0 Å². The number of rotatable bonds is 5. The molecule has 0 amide bonds. The third-order valence-corrected chi connectivity index (χ3v) is 7.14. The highest BCUT2D eigenvalue weighted by molar-refractivity contribution is 6.11. The summed E-state index contributed by atoms with van der Waals surface area (Å²) >= 11 is 0. The predicted octanol–water partition coefficient (Wildman–Crippen LogP) is 9.51. The minimum Gasteiger partial charge on any atom is -0.456 e. The molecule has 2 heterocycles. The Morgan fingerprint density at radius 2 is 1.35 bits per heavy atom. The van der Waals surface area contributed by atoms with Crippen LogP contribution in [0.25, 0.3) is 72.2 Å². The fraction of sp³-hybridized carbons (Fsp3) is 0.0278. The molecule has 0 saturated heterocycles. The van der Waals surface area contributed by atoms with Crippen LogP contribution in [0.1, 0.15) is 12.7 Å². The second-order valence-electron chi connectivity index (χ2n) is 9.75. The second kappa shape index (κ2) is 9.75. The summed E-state index contributed by atoms with van der Waals surface area (Å²) in [7, 11) is 0. The number of nitrogens with zero attached hydrogens (tertiary/aromatic N) is 3. The Balaban J connectivity index is 1.40. The molecule has 0 aliphatic heterocycles. The SMILES string of the molecule is C=C(/C=C\C)c1nc(-c2ccc3cc(-c4ccccc4)ccc3c2)nc(-c2cccc3oc4ccccc4c23)n1. The lowest BCUT2D eigenvalue weighted by Crippen LogP contribution is -2.02. The molecule has 5 aromatic carbocycles. The number of furan rings is 1. The number of aromatic nitrogens is 3. The van der Waals surface area contributed by atoms with Crippen LogP contribution in [0, 0.1) is 0 Å². The topological polar surface area (TPSA) is 51.8 Å². The molecule has 0 unspecified atom stereocenters. The van der Waals surface area contributed by atoms with Crippen molar-refractivity contribution in [1.29, 1.82) is 0 Å². The molecule has 0 aliphatic carbocycles. The molecule has 4 nitrogen and oxygen atoms in total. The van der Waals surface area contributed by atoms with Crippen molar-refractivity contribution in [1.82, 2.24) is 15.0 Å². The minimum absolute atomic E-state index is 0.544. The lowest BCUT2D eigenvalue weighted by molar-refractivity contribution is 0.669. The summed E-state index contributed by atoms with van der Waals surface area (Å²) in [6.07, 6.45) is 3.86. The number of para-hydroxylation sites is 1. The average Bonchev–Trinajstić information content (AvgIpc) is 3.40. The van der Waals surface area contributed by atoms with Gasteiger partial charge >= 0.3 is 0 Å². The Labute approximate surface area is 232 Å². The molecule has 0 saturated carbocycles. The monoisotopic (exact) mass is 515 g/mol. The summed E-state index contributed by atoms with van der Waals surface area (Å²) in [5.74, 6) is 1.73. The fourth-order valence-electron chi connectivity index (χ4n) is 5.20. The first kappa shape index (κ1) is 23.7. The predicted molar refractivity (Wildman–Crippen MR) is 165 cm³/mol. The summed E-state index contributed by atoms with van der Waals surface area (Å²) in [6, 6.07) is 37.3. The van der Waals surface area contributed by atoms with Gasteiger partial charge in [-0.3, -0.25) is 0 Å². The van der Waals surface area contributed by atoms with Crippen LogP contribution < -0.4 is 0 Å². The standard InChI is InChI=1S/C36H25N3O/c1-3-10-23(2)34-37-35(28-20-19-26-21-25(17-18-27(26)22-28)24-11-5-4-6-12-24)39-36(38-34)30-14-9-16-32-33(30)29-13-7-8-15-31(29)40-32/h3-22H,2H2,1H3/b10-3-. The smallest absolute Gasteiger partial charge is 0.164 e. The van der Waals surface area contributed by atoms with Gasteiger partial charge in [0.15, 0.2) is 17.5 Å². The van der Waals surface area contributed by atoms with E-state index in [4.69, 9.17) is 19.4 Å². The molecule has 4 heteroatoms. The van der Waals surface area contributed by atoms with E-state index in [2.05, 4.69) is 73.3 Å². The Morgan fingerprint density at radius 3 is 2.17 bits per heavy atom. The lowest BCUT2D eigenvalue weighted by Gasteiger charge is -2.10. The summed E-state index contributed by atoms with van der Waals surface area (Å²) in [4.78, 5) is 14.7. The number of fused-ring (bicyclic) bond motifs is 4. The van der Waals surface area contributed by atoms with Crippen LogP contribution in [0.5, 0.6) is 0 Å². The lowest BCUT2D eigenvalue weighted by atomic mass is 10.00. The zero-order chi connectivity index (χ0) is 27.1. The molecular weight excluding hydrogens is 490 g/mol. The third kappa shape index (κ3) is 4.16. The average molecular weight is 516 g/mol. The normalized spacial score (nSPS) is 11.6. The van der Waals surface area contributed by atoms with Crippen molar-refractivity contribution in [3.05, 3.63) is 134 Å². The first-order valence-corrected chi connectivity index (χ1v) is 13.3. The molecule has 0 N–H and O–H groups in total. The molecule has 2 aromatic heterocycles. The highest BCUT2D eigenvalue weighted by Gasteiger charge is 2.17. The van der Waals surface area contributed by atoms with Crippen molar-refractivity contribution < 1.29 is 4.42 Å². The van der Waals surface area contributed by atoms with E-state index in [1.165, 1.54) is 11.1 Å². The van der Waals surface area contributed by atoms with E-state index in [9.17, 15) is 0 Å². The molecule has 190 valence electrons. The van der Waals surface area contributed by atoms with Crippen molar-refractivity contribution >= 4 is 38.3 Å². The Bertz CT molecular complexity index is 2090. The van der Waals surface area contributed by atoms with Crippen molar-refractivity contribution in [2.45, 2.75) is 6.92 Å². The van der Waals surface area contributed by atoms with Gasteiger partial charge in [-0.15, -0.1) is 0 Å². The maximum atomic E-state index is 6.14. The van der Waals surface area contributed by atoms with E-state index in [0.717, 1.165) is 49.4 Å². The first-order chi connectivity index (χ1) is 19.7. The van der Waals surface area contributed by atoms with Gasteiger partial charge in [-0.2, -0.15) is 0 Å². The van der Waals surface area contributed by atoms with Crippen LogP contribution >= 0.6 is 0 Å². The van der Waals surface area contributed by atoms with E-state index >= 15 is 0 Å². The van der Waals surface area contributed by atoms with Crippen molar-refractivity contribution in [3.8, 4) is 33.9 Å². The van der Waals surface area contributed by atoms with Crippen molar-refractivity contribution in [3.63, 3.8) is 0 Å². The van der Waals surface area contributed by atoms with Crippen LogP contribution in [0.4, 0.5) is 0 Å². The van der Waals surface area contributed by atoms with Gasteiger partial charge in [-0.1, -0.05) is 104 Å². The van der Waals surface area contributed by atoms with Gasteiger partial charge in [0.2, 0.25) is 0 Å². The molecular formula is C36H25N3O. The number of benzene rings is 5. The van der Waals surface area contributed by atoms with Crippen molar-refractivity contribution in [2.75, 3.05) is 0 Å². The molecule has 0 spiro atoms. The fourth-order valence-corrected chi connectivity index (χ4v) is 5.20. The third-order valence-electron chi connectivity index (χ3n) is 7.14. The summed E-state index contributed by atoms with van der Waals surface area (Å²) in [5, 5.41) is 4.30. The molecule has 7 rings (SSSR count). The van der Waals surface area contributed by atoms with Crippen LogP contribution in [0.2, 0.25) is 0 Å². The van der Waals surface area contributed by atoms with Gasteiger partial charge in [0.05, 0.1) is 0 Å².